The maximum Gasteiger partial charge on any atom is 0.418 e. The molecule has 0 bridgehead atoms. The van der Waals surface area contributed by atoms with E-state index >= 15 is 0 Å². The summed E-state index contributed by atoms with van der Waals surface area (Å²) in [4.78, 5) is 20.7. The molecule has 20 heavy (non-hydrogen) atoms. The van der Waals surface area contributed by atoms with Crippen LogP contribution in [0.4, 0.5) is 24.5 Å². The van der Waals surface area contributed by atoms with Gasteiger partial charge in [0, 0.05) is 17.8 Å². The molecule has 0 saturated heterocycles. The summed E-state index contributed by atoms with van der Waals surface area (Å²) >= 11 is 0. The van der Waals surface area contributed by atoms with Gasteiger partial charge in [0.25, 0.3) is 5.69 Å². The van der Waals surface area contributed by atoms with Crippen LogP contribution in [0.2, 0.25) is 0 Å². The van der Waals surface area contributed by atoms with Crippen molar-refractivity contribution in [2.45, 2.75) is 25.6 Å². The highest BCUT2D eigenvalue weighted by Crippen LogP contribution is 2.38. The summed E-state index contributed by atoms with van der Waals surface area (Å²) in [5.74, 6) is -0.857. The maximum atomic E-state index is 12.9. The average Bonchev–Trinajstić information content (AvgIpc) is 2.26. The van der Waals surface area contributed by atoms with Crippen LogP contribution in [0, 0.1) is 10.1 Å². The fraction of sp³-hybridized carbons (Fsp3) is 0.364. The van der Waals surface area contributed by atoms with E-state index in [9.17, 15) is 28.1 Å². The first-order chi connectivity index (χ1) is 8.95. The topological polar surface area (TPSA) is 98.3 Å². The molecule has 0 aliphatic carbocycles. The molecule has 3 N–H and O–H groups in total. The first kappa shape index (κ1) is 15.7. The van der Waals surface area contributed by atoms with Crippen molar-refractivity contribution in [2.75, 3.05) is 5.32 Å². The number of carbonyl (C=O) groups is 1. The van der Waals surface area contributed by atoms with Crippen LogP contribution in [0.3, 0.4) is 0 Å². The number of non-ortho nitro benzene ring substituents is 1. The first-order valence-corrected chi connectivity index (χ1v) is 5.39. The number of halogens is 3. The Balaban J connectivity index is 3.33. The normalized spacial score (nSPS) is 12.1. The molecular formula is C11H12F3N3O3. The van der Waals surface area contributed by atoms with Crippen molar-refractivity contribution < 1.29 is 22.9 Å². The fourth-order valence-corrected chi connectivity index (χ4v) is 1.39. The number of nitro benzene ring substituents is 1. The van der Waals surface area contributed by atoms with E-state index in [1.165, 1.54) is 13.8 Å². The van der Waals surface area contributed by atoms with Crippen LogP contribution in [0.1, 0.15) is 19.4 Å². The lowest BCUT2D eigenvalue weighted by Crippen LogP contribution is -2.45. The quantitative estimate of drug-likeness (QED) is 0.656. The van der Waals surface area contributed by atoms with E-state index in [1.807, 2.05) is 0 Å². The van der Waals surface area contributed by atoms with Crippen LogP contribution < -0.4 is 11.1 Å². The smallest absolute Gasteiger partial charge is 0.371 e. The van der Waals surface area contributed by atoms with Gasteiger partial charge in [0.05, 0.1) is 10.5 Å². The predicted octanol–water partition coefficient (Wildman–Crippen LogP) is 2.29. The van der Waals surface area contributed by atoms with Crippen molar-refractivity contribution in [1.82, 2.24) is 0 Å². The van der Waals surface area contributed by atoms with Crippen LogP contribution in [0.25, 0.3) is 0 Å². The van der Waals surface area contributed by atoms with Crippen LogP contribution in [0.5, 0.6) is 0 Å². The SMILES string of the molecule is CC(C)(Nc1ccc([N+](=O)[O-])cc1C(F)(F)F)C(N)=O. The van der Waals surface area contributed by atoms with Gasteiger partial charge in [-0.15, -0.1) is 0 Å². The van der Waals surface area contributed by atoms with E-state index in [4.69, 9.17) is 5.73 Å². The Morgan fingerprint density at radius 3 is 2.30 bits per heavy atom. The molecule has 0 fully saturated rings. The number of nitrogens with zero attached hydrogens (tertiary/aromatic N) is 1. The Labute approximate surface area is 111 Å². The van der Waals surface area contributed by atoms with Crippen molar-refractivity contribution >= 4 is 17.3 Å². The summed E-state index contributed by atoms with van der Waals surface area (Å²) < 4.78 is 38.7. The number of hydrogen-bond donors (Lipinski definition) is 2. The number of nitrogens with two attached hydrogens (primary N) is 1. The van der Waals surface area contributed by atoms with Gasteiger partial charge in [-0.3, -0.25) is 14.9 Å². The Morgan fingerprint density at radius 2 is 1.90 bits per heavy atom. The van der Waals surface area contributed by atoms with Crippen molar-refractivity contribution in [3.05, 3.63) is 33.9 Å². The van der Waals surface area contributed by atoms with Crippen molar-refractivity contribution in [3.63, 3.8) is 0 Å². The van der Waals surface area contributed by atoms with Gasteiger partial charge in [0.1, 0.15) is 5.54 Å². The third kappa shape index (κ3) is 3.37. The summed E-state index contributed by atoms with van der Waals surface area (Å²) in [5.41, 5.74) is 1.25. The molecule has 6 nitrogen and oxygen atoms in total. The molecule has 0 atom stereocenters. The second-order valence-electron chi connectivity index (χ2n) is 4.60. The molecule has 1 aromatic rings. The Hall–Kier alpha value is -2.32. The summed E-state index contributed by atoms with van der Waals surface area (Å²) in [6, 6.07) is 2.21. The second-order valence-corrected chi connectivity index (χ2v) is 4.60. The maximum absolute atomic E-state index is 12.9. The molecule has 0 saturated carbocycles. The van der Waals surface area contributed by atoms with Crippen molar-refractivity contribution in [1.29, 1.82) is 0 Å². The van der Waals surface area contributed by atoms with Crippen LogP contribution in [0.15, 0.2) is 18.2 Å². The Morgan fingerprint density at radius 1 is 1.35 bits per heavy atom. The number of amides is 1. The molecule has 1 aromatic carbocycles. The minimum absolute atomic E-state index is 0.402. The minimum atomic E-state index is -4.80. The average molecular weight is 291 g/mol. The van der Waals surface area contributed by atoms with Gasteiger partial charge in [0.2, 0.25) is 5.91 Å². The van der Waals surface area contributed by atoms with Gasteiger partial charge in [-0.2, -0.15) is 13.2 Å². The Kier molecular flexibility index (Phi) is 3.92. The Bertz CT molecular complexity index is 556. The summed E-state index contributed by atoms with van der Waals surface area (Å²) in [6.45, 7) is 2.60. The van der Waals surface area contributed by atoms with Crippen LogP contribution in [-0.4, -0.2) is 16.4 Å². The van der Waals surface area contributed by atoms with Crippen molar-refractivity contribution in [2.24, 2.45) is 5.73 Å². The zero-order chi connectivity index (χ0) is 15.7. The number of carbonyl (C=O) groups excluding carboxylic acids is 1. The van der Waals surface area contributed by atoms with Crippen LogP contribution in [-0.2, 0) is 11.0 Å². The molecule has 0 heterocycles. The third-order valence-electron chi connectivity index (χ3n) is 2.58. The van der Waals surface area contributed by atoms with Crippen LogP contribution >= 0.6 is 0 Å². The van der Waals surface area contributed by atoms with E-state index in [1.54, 1.807) is 0 Å². The summed E-state index contributed by atoms with van der Waals surface area (Å²) in [6.07, 6.45) is -4.80. The number of hydrogen-bond acceptors (Lipinski definition) is 4. The number of primary amides is 1. The first-order valence-electron chi connectivity index (χ1n) is 5.39. The zero-order valence-electron chi connectivity index (χ0n) is 10.6. The van der Waals surface area contributed by atoms with Gasteiger partial charge in [-0.05, 0) is 19.9 Å². The number of benzene rings is 1. The molecule has 0 aromatic heterocycles. The highest BCUT2D eigenvalue weighted by Gasteiger charge is 2.37. The number of nitrogens with one attached hydrogen (secondary N) is 1. The number of alkyl halides is 3. The lowest BCUT2D eigenvalue weighted by atomic mass is 10.0. The van der Waals surface area contributed by atoms with E-state index in [0.717, 1.165) is 12.1 Å². The molecular weight excluding hydrogens is 279 g/mol. The lowest BCUT2D eigenvalue weighted by Gasteiger charge is -2.25. The van der Waals surface area contributed by atoms with E-state index in [0.29, 0.717) is 6.07 Å². The molecule has 0 unspecified atom stereocenters. The van der Waals surface area contributed by atoms with Gasteiger partial charge >= 0.3 is 6.18 Å². The predicted molar refractivity (Wildman–Crippen MR) is 65.0 cm³/mol. The zero-order valence-corrected chi connectivity index (χ0v) is 10.6. The van der Waals surface area contributed by atoms with Gasteiger partial charge in [-0.25, -0.2) is 0 Å². The largest absolute Gasteiger partial charge is 0.418 e. The lowest BCUT2D eigenvalue weighted by molar-refractivity contribution is -0.385. The number of rotatable bonds is 4. The highest BCUT2D eigenvalue weighted by atomic mass is 19.4. The fourth-order valence-electron chi connectivity index (χ4n) is 1.39. The molecule has 0 aliphatic heterocycles. The molecule has 1 amide bonds. The summed E-state index contributed by atoms with van der Waals surface area (Å²) in [5, 5.41) is 12.9. The van der Waals surface area contributed by atoms with E-state index in [-0.39, 0.29) is 0 Å². The third-order valence-corrected chi connectivity index (χ3v) is 2.58. The van der Waals surface area contributed by atoms with Gasteiger partial charge in [-0.1, -0.05) is 0 Å². The van der Waals surface area contributed by atoms with Crippen molar-refractivity contribution in [3.8, 4) is 0 Å². The standard InChI is InChI=1S/C11H12F3N3O3/c1-10(2,9(15)18)16-8-4-3-6(17(19)20)5-7(8)11(12,13)14/h3-5,16H,1-2H3,(H2,15,18). The summed E-state index contributed by atoms with van der Waals surface area (Å²) in [7, 11) is 0. The molecule has 0 aliphatic rings. The number of anilines is 1. The second kappa shape index (κ2) is 4.99. The van der Waals surface area contributed by atoms with Gasteiger partial charge in [0.15, 0.2) is 0 Å². The molecule has 0 radical (unpaired) electrons. The molecule has 1 rings (SSSR count). The minimum Gasteiger partial charge on any atom is -0.371 e. The molecule has 110 valence electrons. The van der Waals surface area contributed by atoms with Gasteiger partial charge < -0.3 is 11.1 Å². The monoisotopic (exact) mass is 291 g/mol. The number of nitro groups is 1. The van der Waals surface area contributed by atoms with E-state index < -0.39 is 39.5 Å². The van der Waals surface area contributed by atoms with E-state index in [2.05, 4.69) is 5.32 Å². The molecule has 0 spiro atoms. The molecule has 9 heteroatoms. The highest BCUT2D eigenvalue weighted by molar-refractivity contribution is 5.87.